The van der Waals surface area contributed by atoms with Gasteiger partial charge in [-0.2, -0.15) is 0 Å². The highest BCUT2D eigenvalue weighted by Crippen LogP contribution is 2.30. The van der Waals surface area contributed by atoms with Crippen LogP contribution in [0.4, 0.5) is 5.69 Å². The minimum absolute atomic E-state index is 0.172. The van der Waals surface area contributed by atoms with Gasteiger partial charge in [0.25, 0.3) is 0 Å². The molecule has 2 rings (SSSR count). The van der Waals surface area contributed by atoms with Crippen LogP contribution < -0.4 is 14.4 Å². The fourth-order valence-electron chi connectivity index (χ4n) is 3.77. The minimum atomic E-state index is -3.84. The second-order valence-corrected chi connectivity index (χ2v) is 11.5. The summed E-state index contributed by atoms with van der Waals surface area (Å²) >= 11 is 0. The topological polar surface area (TPSA) is 96.0 Å². The Hall–Kier alpha value is -3.07. The highest BCUT2D eigenvalue weighted by atomic mass is 32.2. The first-order valence-electron chi connectivity index (χ1n) is 11.5. The molecule has 9 heteroatoms. The number of anilines is 1. The van der Waals surface area contributed by atoms with E-state index in [1.54, 1.807) is 24.3 Å². The van der Waals surface area contributed by atoms with Crippen molar-refractivity contribution < 1.29 is 22.7 Å². The second-order valence-electron chi connectivity index (χ2n) is 9.55. The molecule has 0 fully saturated rings. The molecule has 0 aromatic heterocycles. The molecule has 192 valence electrons. The summed E-state index contributed by atoms with van der Waals surface area (Å²) in [6.45, 7) is 9.09. The van der Waals surface area contributed by atoms with Crippen LogP contribution in [-0.2, 0) is 26.2 Å². The average Bonchev–Trinajstić information content (AvgIpc) is 2.76. The maximum atomic E-state index is 13.8. The molecule has 0 saturated heterocycles. The van der Waals surface area contributed by atoms with Gasteiger partial charge in [-0.1, -0.05) is 43.3 Å². The lowest BCUT2D eigenvalue weighted by atomic mass is 10.0. The van der Waals surface area contributed by atoms with Gasteiger partial charge in [0.1, 0.15) is 18.3 Å². The van der Waals surface area contributed by atoms with Gasteiger partial charge in [0.2, 0.25) is 21.8 Å². The van der Waals surface area contributed by atoms with E-state index in [1.807, 2.05) is 58.9 Å². The quantitative estimate of drug-likeness (QED) is 0.535. The van der Waals surface area contributed by atoms with Crippen LogP contribution in [0.15, 0.2) is 48.5 Å². The Morgan fingerprint density at radius 2 is 1.66 bits per heavy atom. The number of nitrogens with one attached hydrogen (secondary N) is 1. The number of ether oxygens (including phenoxy) is 1. The van der Waals surface area contributed by atoms with E-state index in [4.69, 9.17) is 4.74 Å². The van der Waals surface area contributed by atoms with E-state index in [9.17, 15) is 18.0 Å². The number of hydrogen-bond donors (Lipinski definition) is 1. The number of rotatable bonds is 10. The highest BCUT2D eigenvalue weighted by Gasteiger charge is 2.33. The predicted molar refractivity (Wildman–Crippen MR) is 139 cm³/mol. The molecule has 0 aliphatic rings. The molecule has 0 unspecified atom stereocenters. The summed E-state index contributed by atoms with van der Waals surface area (Å²) in [6, 6.07) is 13.5. The van der Waals surface area contributed by atoms with Crippen LogP contribution in [0.2, 0.25) is 0 Å². The Bertz CT molecular complexity index is 1140. The van der Waals surface area contributed by atoms with Crippen LogP contribution in [0, 0.1) is 6.92 Å². The molecule has 1 N–H and O–H groups in total. The van der Waals surface area contributed by atoms with Gasteiger partial charge in [-0.15, -0.1) is 0 Å². The average molecular weight is 504 g/mol. The van der Waals surface area contributed by atoms with Crippen LogP contribution in [0.25, 0.3) is 0 Å². The molecule has 0 spiro atoms. The molecule has 0 saturated carbocycles. The van der Waals surface area contributed by atoms with Gasteiger partial charge in [-0.25, -0.2) is 8.42 Å². The van der Waals surface area contributed by atoms with Gasteiger partial charge < -0.3 is 15.0 Å². The van der Waals surface area contributed by atoms with E-state index in [0.717, 1.165) is 21.7 Å². The SMILES string of the molecule is CC[C@H](C(=O)NC(C)(C)C)N(Cc1ccccc1C)C(=O)CN(c1ccccc1OC)S(C)(=O)=O. The van der Waals surface area contributed by atoms with Crippen LogP contribution in [0.1, 0.15) is 45.2 Å². The summed E-state index contributed by atoms with van der Waals surface area (Å²) in [5.74, 6) is -0.445. The van der Waals surface area contributed by atoms with Gasteiger partial charge in [0, 0.05) is 12.1 Å². The predicted octanol–water partition coefficient (Wildman–Crippen LogP) is 3.49. The lowest BCUT2D eigenvalue weighted by Gasteiger charge is -2.35. The van der Waals surface area contributed by atoms with Crippen LogP contribution >= 0.6 is 0 Å². The molecule has 2 amide bonds. The number of benzene rings is 2. The number of amides is 2. The molecule has 8 nitrogen and oxygen atoms in total. The van der Waals surface area contributed by atoms with Crippen molar-refractivity contribution >= 4 is 27.5 Å². The third kappa shape index (κ3) is 7.71. The maximum Gasteiger partial charge on any atom is 0.244 e. The number of aryl methyl sites for hydroxylation is 1. The maximum absolute atomic E-state index is 13.8. The Morgan fingerprint density at radius 1 is 1.06 bits per heavy atom. The first kappa shape index (κ1) is 28.2. The molecule has 0 aliphatic heterocycles. The number of nitrogens with zero attached hydrogens (tertiary/aromatic N) is 2. The van der Waals surface area contributed by atoms with Gasteiger partial charge in [-0.3, -0.25) is 13.9 Å². The highest BCUT2D eigenvalue weighted by molar-refractivity contribution is 7.92. The lowest BCUT2D eigenvalue weighted by molar-refractivity contribution is -0.141. The molecule has 0 bridgehead atoms. The van der Waals surface area contributed by atoms with Crippen LogP contribution in [0.5, 0.6) is 5.75 Å². The van der Waals surface area contributed by atoms with Crippen molar-refractivity contribution in [2.75, 3.05) is 24.2 Å². The zero-order valence-electron chi connectivity index (χ0n) is 21.7. The van der Waals surface area contributed by atoms with Crippen LogP contribution in [0.3, 0.4) is 0 Å². The largest absolute Gasteiger partial charge is 0.495 e. The first-order chi connectivity index (χ1) is 16.3. The van der Waals surface area contributed by atoms with Crippen molar-refractivity contribution in [3.63, 3.8) is 0 Å². The summed E-state index contributed by atoms with van der Waals surface area (Å²) in [4.78, 5) is 28.4. The standard InChI is InChI=1S/C26H37N3O5S/c1-8-21(25(31)27-26(3,4)5)28(17-20-14-10-9-13-19(20)2)24(30)18-29(35(7,32)33)22-15-11-12-16-23(22)34-6/h9-16,21H,8,17-18H2,1-7H3,(H,27,31)/t21-/m1/s1. The van der Waals surface area contributed by atoms with Gasteiger partial charge in [0.05, 0.1) is 19.1 Å². The van der Waals surface area contributed by atoms with E-state index in [1.165, 1.54) is 12.0 Å². The first-order valence-corrected chi connectivity index (χ1v) is 13.4. The Balaban J connectivity index is 2.51. The van der Waals surface area contributed by atoms with E-state index >= 15 is 0 Å². The summed E-state index contributed by atoms with van der Waals surface area (Å²) in [6.07, 6.45) is 1.41. The molecule has 2 aromatic carbocycles. The molecular weight excluding hydrogens is 466 g/mol. The van der Waals surface area contributed by atoms with Crippen molar-refractivity contribution in [2.24, 2.45) is 0 Å². The molecule has 0 aliphatic carbocycles. The zero-order valence-corrected chi connectivity index (χ0v) is 22.5. The summed E-state index contributed by atoms with van der Waals surface area (Å²) in [7, 11) is -2.40. The summed E-state index contributed by atoms with van der Waals surface area (Å²) in [5, 5.41) is 2.95. The van der Waals surface area contributed by atoms with E-state index in [-0.39, 0.29) is 18.1 Å². The third-order valence-corrected chi connectivity index (χ3v) is 6.65. The van der Waals surface area contributed by atoms with Crippen molar-refractivity contribution in [3.05, 3.63) is 59.7 Å². The number of para-hydroxylation sites is 2. The smallest absolute Gasteiger partial charge is 0.244 e. The monoisotopic (exact) mass is 503 g/mol. The normalized spacial score (nSPS) is 12.5. The van der Waals surface area contributed by atoms with Crippen molar-refractivity contribution in [1.82, 2.24) is 10.2 Å². The number of methoxy groups -OCH3 is 1. The number of sulfonamides is 1. The Morgan fingerprint density at radius 3 is 2.20 bits per heavy atom. The number of carbonyl (C=O) groups excluding carboxylic acids is 2. The summed E-state index contributed by atoms with van der Waals surface area (Å²) in [5.41, 5.74) is 1.62. The minimum Gasteiger partial charge on any atom is -0.495 e. The van der Waals surface area contributed by atoms with Crippen LogP contribution in [-0.4, -0.2) is 56.6 Å². The lowest BCUT2D eigenvalue weighted by Crippen LogP contribution is -2.55. The number of carbonyl (C=O) groups is 2. The Kier molecular flexibility index (Phi) is 9.31. The molecule has 0 heterocycles. The van der Waals surface area contributed by atoms with Gasteiger partial charge in [-0.05, 0) is 57.4 Å². The number of hydrogen-bond acceptors (Lipinski definition) is 5. The fourth-order valence-corrected chi connectivity index (χ4v) is 4.63. The fraction of sp³-hybridized carbons (Fsp3) is 0.462. The van der Waals surface area contributed by atoms with Crippen molar-refractivity contribution in [2.45, 2.75) is 59.2 Å². The van der Waals surface area contributed by atoms with E-state index < -0.39 is 34.1 Å². The molecular formula is C26H37N3O5S. The van der Waals surface area contributed by atoms with E-state index in [0.29, 0.717) is 12.2 Å². The Labute approximate surface area is 209 Å². The van der Waals surface area contributed by atoms with E-state index in [2.05, 4.69) is 5.32 Å². The molecule has 0 radical (unpaired) electrons. The molecule has 1 atom stereocenters. The summed E-state index contributed by atoms with van der Waals surface area (Å²) < 4.78 is 31.9. The van der Waals surface area contributed by atoms with Gasteiger partial charge in [0.15, 0.2) is 0 Å². The third-order valence-electron chi connectivity index (χ3n) is 5.52. The van der Waals surface area contributed by atoms with Gasteiger partial charge >= 0.3 is 0 Å². The molecule has 2 aromatic rings. The molecule has 35 heavy (non-hydrogen) atoms. The van der Waals surface area contributed by atoms with Crippen molar-refractivity contribution in [1.29, 1.82) is 0 Å². The zero-order chi connectivity index (χ0) is 26.4. The van der Waals surface area contributed by atoms with Crippen molar-refractivity contribution in [3.8, 4) is 5.75 Å². The second kappa shape index (κ2) is 11.6.